The molecule has 1 amide bonds. The van der Waals surface area contributed by atoms with Crippen molar-refractivity contribution in [2.75, 3.05) is 13.2 Å². The van der Waals surface area contributed by atoms with Crippen LogP contribution in [0.25, 0.3) is 0 Å². The van der Waals surface area contributed by atoms with E-state index in [0.29, 0.717) is 31.1 Å². The summed E-state index contributed by atoms with van der Waals surface area (Å²) in [4.78, 5) is 22.9. The first kappa shape index (κ1) is 15.1. The first-order chi connectivity index (χ1) is 10.5. The first-order valence-electron chi connectivity index (χ1n) is 7.09. The standard InChI is InChI=1S/C15H16BrNO5/c1-7(17-14(18)9-4-10(9)15(19)20)8-5-12-13(6-11(8)16)22-3-2-21-12/h5-7,9-10H,2-4H2,1H3,(H,17,18)(H,19,20)/t7-,9+,10+/m0/s1. The van der Waals surface area contributed by atoms with Gasteiger partial charge in [0.1, 0.15) is 13.2 Å². The molecule has 1 saturated carbocycles. The predicted molar refractivity (Wildman–Crippen MR) is 80.9 cm³/mol. The Morgan fingerprint density at radius 1 is 1.27 bits per heavy atom. The smallest absolute Gasteiger partial charge is 0.307 e. The van der Waals surface area contributed by atoms with E-state index in [2.05, 4.69) is 21.2 Å². The van der Waals surface area contributed by atoms with Crippen LogP contribution in [0, 0.1) is 11.8 Å². The van der Waals surface area contributed by atoms with Gasteiger partial charge in [0, 0.05) is 4.47 Å². The monoisotopic (exact) mass is 369 g/mol. The van der Waals surface area contributed by atoms with E-state index < -0.39 is 17.8 Å². The fraction of sp³-hybridized carbons (Fsp3) is 0.467. The van der Waals surface area contributed by atoms with Crippen molar-refractivity contribution < 1.29 is 24.2 Å². The molecule has 1 aliphatic carbocycles. The molecule has 2 N–H and O–H groups in total. The molecule has 1 aliphatic heterocycles. The third-order valence-corrected chi connectivity index (χ3v) is 4.62. The summed E-state index contributed by atoms with van der Waals surface area (Å²) >= 11 is 3.47. The van der Waals surface area contributed by atoms with Crippen molar-refractivity contribution in [1.82, 2.24) is 5.32 Å². The molecule has 0 bridgehead atoms. The summed E-state index contributed by atoms with van der Waals surface area (Å²) in [7, 11) is 0. The number of hydrogen-bond donors (Lipinski definition) is 2. The normalized spacial score (nSPS) is 23.5. The Bertz CT molecular complexity index is 633. The highest BCUT2D eigenvalue weighted by Crippen LogP contribution is 2.40. The van der Waals surface area contributed by atoms with Crippen LogP contribution in [0.3, 0.4) is 0 Å². The summed E-state index contributed by atoms with van der Waals surface area (Å²) in [6, 6.07) is 3.40. The fourth-order valence-corrected chi connectivity index (χ4v) is 3.23. The van der Waals surface area contributed by atoms with Gasteiger partial charge in [-0.15, -0.1) is 0 Å². The van der Waals surface area contributed by atoms with E-state index in [0.717, 1.165) is 10.0 Å². The minimum Gasteiger partial charge on any atom is -0.486 e. The lowest BCUT2D eigenvalue weighted by Crippen LogP contribution is -2.29. The van der Waals surface area contributed by atoms with Gasteiger partial charge in [0.25, 0.3) is 0 Å². The largest absolute Gasteiger partial charge is 0.486 e. The summed E-state index contributed by atoms with van der Waals surface area (Å²) in [5.74, 6) is -0.768. The third kappa shape index (κ3) is 2.90. The average molecular weight is 370 g/mol. The zero-order valence-corrected chi connectivity index (χ0v) is 13.6. The van der Waals surface area contributed by atoms with Crippen LogP contribution in [-0.4, -0.2) is 30.2 Å². The summed E-state index contributed by atoms with van der Waals surface area (Å²) in [6.45, 7) is 2.87. The van der Waals surface area contributed by atoms with Crippen LogP contribution in [0.4, 0.5) is 0 Å². The van der Waals surface area contributed by atoms with Crippen LogP contribution in [-0.2, 0) is 9.59 Å². The number of hydrogen-bond acceptors (Lipinski definition) is 4. The zero-order valence-electron chi connectivity index (χ0n) is 12.0. The van der Waals surface area contributed by atoms with Crippen molar-refractivity contribution in [3.63, 3.8) is 0 Å². The Balaban J connectivity index is 1.71. The van der Waals surface area contributed by atoms with Crippen LogP contribution >= 0.6 is 15.9 Å². The molecule has 22 heavy (non-hydrogen) atoms. The molecule has 1 aromatic carbocycles. The number of carbonyl (C=O) groups is 2. The molecule has 3 rings (SSSR count). The Kier molecular flexibility index (Phi) is 3.99. The Morgan fingerprint density at radius 2 is 1.91 bits per heavy atom. The topological polar surface area (TPSA) is 84.9 Å². The van der Waals surface area contributed by atoms with Crippen LogP contribution in [0.2, 0.25) is 0 Å². The van der Waals surface area contributed by atoms with Crippen molar-refractivity contribution in [1.29, 1.82) is 0 Å². The molecule has 1 aromatic rings. The lowest BCUT2D eigenvalue weighted by Gasteiger charge is -2.22. The van der Waals surface area contributed by atoms with Gasteiger partial charge < -0.3 is 19.9 Å². The SMILES string of the molecule is C[C@H](NC(=O)[C@@H]1C[C@H]1C(=O)O)c1cc2c(cc1Br)OCCO2. The number of carboxylic acid groups (broad SMARTS) is 1. The number of carbonyl (C=O) groups excluding carboxylic acids is 1. The van der Waals surface area contributed by atoms with Crippen LogP contribution < -0.4 is 14.8 Å². The van der Waals surface area contributed by atoms with Crippen molar-refractivity contribution in [2.45, 2.75) is 19.4 Å². The van der Waals surface area contributed by atoms with E-state index in [-0.39, 0.29) is 11.9 Å². The molecule has 0 radical (unpaired) electrons. The highest BCUT2D eigenvalue weighted by molar-refractivity contribution is 9.10. The minimum atomic E-state index is -0.909. The summed E-state index contributed by atoms with van der Waals surface area (Å²) in [6.07, 6.45) is 0.413. The maximum atomic E-state index is 12.1. The van der Waals surface area contributed by atoms with Crippen LogP contribution in [0.5, 0.6) is 11.5 Å². The van der Waals surface area contributed by atoms with Crippen LogP contribution in [0.1, 0.15) is 24.9 Å². The van der Waals surface area contributed by atoms with Crippen LogP contribution in [0.15, 0.2) is 16.6 Å². The minimum absolute atomic E-state index is 0.221. The second-order valence-electron chi connectivity index (χ2n) is 5.53. The van der Waals surface area contributed by atoms with Gasteiger partial charge >= 0.3 is 5.97 Å². The maximum absolute atomic E-state index is 12.1. The summed E-state index contributed by atoms with van der Waals surface area (Å²) in [5, 5.41) is 11.7. The lowest BCUT2D eigenvalue weighted by atomic mass is 10.1. The van der Waals surface area contributed by atoms with Gasteiger partial charge in [-0.05, 0) is 31.0 Å². The van der Waals surface area contributed by atoms with E-state index in [4.69, 9.17) is 14.6 Å². The molecule has 0 aromatic heterocycles. The summed E-state index contributed by atoms with van der Waals surface area (Å²) in [5.41, 5.74) is 0.866. The van der Waals surface area contributed by atoms with E-state index in [1.165, 1.54) is 0 Å². The van der Waals surface area contributed by atoms with Gasteiger partial charge in [-0.3, -0.25) is 9.59 Å². The molecule has 1 heterocycles. The number of halogens is 1. The van der Waals surface area contributed by atoms with Gasteiger partial charge in [-0.1, -0.05) is 15.9 Å². The Labute approximate surface area is 135 Å². The highest BCUT2D eigenvalue weighted by atomic mass is 79.9. The maximum Gasteiger partial charge on any atom is 0.307 e. The van der Waals surface area contributed by atoms with Crippen molar-refractivity contribution in [3.05, 3.63) is 22.2 Å². The third-order valence-electron chi connectivity index (χ3n) is 3.93. The number of rotatable bonds is 4. The van der Waals surface area contributed by atoms with Gasteiger partial charge in [-0.25, -0.2) is 0 Å². The molecule has 0 spiro atoms. The fourth-order valence-electron chi connectivity index (χ4n) is 2.57. The molecule has 2 aliphatic rings. The van der Waals surface area contributed by atoms with Crippen molar-refractivity contribution in [2.24, 2.45) is 11.8 Å². The number of carboxylic acids is 1. The molecular formula is C15H16BrNO5. The number of aliphatic carboxylic acids is 1. The molecule has 0 saturated heterocycles. The number of ether oxygens (including phenoxy) is 2. The van der Waals surface area contributed by atoms with Gasteiger partial charge in [0.2, 0.25) is 5.91 Å². The lowest BCUT2D eigenvalue weighted by molar-refractivity contribution is -0.140. The van der Waals surface area contributed by atoms with Crippen molar-refractivity contribution in [3.8, 4) is 11.5 Å². The van der Waals surface area contributed by atoms with E-state index in [1.54, 1.807) is 0 Å². The number of nitrogens with one attached hydrogen (secondary N) is 1. The average Bonchev–Trinajstić information content (AvgIpc) is 3.27. The molecular weight excluding hydrogens is 354 g/mol. The molecule has 118 valence electrons. The highest BCUT2D eigenvalue weighted by Gasteiger charge is 2.48. The second-order valence-corrected chi connectivity index (χ2v) is 6.39. The molecule has 6 nitrogen and oxygen atoms in total. The number of benzene rings is 1. The first-order valence-corrected chi connectivity index (χ1v) is 7.89. The summed E-state index contributed by atoms with van der Waals surface area (Å²) < 4.78 is 11.9. The molecule has 0 unspecified atom stereocenters. The predicted octanol–water partition coefficient (Wildman–Crippen LogP) is 2.12. The molecule has 7 heteroatoms. The molecule has 1 fully saturated rings. The van der Waals surface area contributed by atoms with Gasteiger partial charge in [0.05, 0.1) is 17.9 Å². The Morgan fingerprint density at radius 3 is 2.50 bits per heavy atom. The van der Waals surface area contributed by atoms with Gasteiger partial charge in [-0.2, -0.15) is 0 Å². The van der Waals surface area contributed by atoms with E-state index in [1.807, 2.05) is 19.1 Å². The second kappa shape index (κ2) is 5.79. The van der Waals surface area contributed by atoms with Crippen molar-refractivity contribution >= 4 is 27.8 Å². The zero-order chi connectivity index (χ0) is 15.9. The van der Waals surface area contributed by atoms with E-state index in [9.17, 15) is 9.59 Å². The molecule has 3 atom stereocenters. The quantitative estimate of drug-likeness (QED) is 0.848. The Hall–Kier alpha value is -1.76. The van der Waals surface area contributed by atoms with Gasteiger partial charge in [0.15, 0.2) is 11.5 Å². The number of amides is 1. The number of fused-ring (bicyclic) bond motifs is 1. The van der Waals surface area contributed by atoms with E-state index >= 15 is 0 Å².